The van der Waals surface area contributed by atoms with Crippen LogP contribution in [0, 0.1) is 11.8 Å². The van der Waals surface area contributed by atoms with E-state index in [1.807, 2.05) is 7.05 Å². The minimum Gasteiger partial charge on any atom is -0.357 e. The molecule has 6 heteroatoms. The second-order valence-corrected chi connectivity index (χ2v) is 5.92. The molecule has 0 amide bonds. The van der Waals surface area contributed by atoms with Gasteiger partial charge in [-0.1, -0.05) is 13.8 Å². The molecule has 0 aliphatic carbocycles. The van der Waals surface area contributed by atoms with Crippen LogP contribution in [0.2, 0.25) is 0 Å². The average molecular weight is 292 g/mol. The molecule has 1 atom stereocenters. The molecule has 1 saturated heterocycles. The Labute approximate surface area is 128 Å². The minimum atomic E-state index is 0.648. The predicted octanol–water partition coefficient (Wildman–Crippen LogP) is 2.24. The molecule has 1 aliphatic rings. The Kier molecular flexibility index (Phi) is 5.20. The fourth-order valence-electron chi connectivity index (χ4n) is 2.77. The lowest BCUT2D eigenvalue weighted by Crippen LogP contribution is -2.28. The summed E-state index contributed by atoms with van der Waals surface area (Å²) in [6.07, 6.45) is 1.22. The number of hydrogen-bond donors (Lipinski definition) is 1. The summed E-state index contributed by atoms with van der Waals surface area (Å²) < 4.78 is 0. The molecule has 1 unspecified atom stereocenters. The van der Waals surface area contributed by atoms with E-state index in [-0.39, 0.29) is 0 Å². The molecular weight excluding hydrogens is 264 g/mol. The van der Waals surface area contributed by atoms with Crippen LogP contribution >= 0.6 is 0 Å². The first kappa shape index (κ1) is 15.8. The second kappa shape index (κ2) is 6.91. The van der Waals surface area contributed by atoms with E-state index in [9.17, 15) is 0 Å². The summed E-state index contributed by atoms with van der Waals surface area (Å²) in [4.78, 5) is 18.2. The van der Waals surface area contributed by atoms with Crippen molar-refractivity contribution in [1.82, 2.24) is 15.0 Å². The van der Waals surface area contributed by atoms with Gasteiger partial charge in [-0.2, -0.15) is 15.0 Å². The van der Waals surface area contributed by atoms with Crippen molar-refractivity contribution in [2.24, 2.45) is 11.8 Å². The van der Waals surface area contributed by atoms with Crippen molar-refractivity contribution in [3.63, 3.8) is 0 Å². The van der Waals surface area contributed by atoms with Gasteiger partial charge in [0.25, 0.3) is 0 Å². The summed E-state index contributed by atoms with van der Waals surface area (Å²) in [6.45, 7) is 12.7. The van der Waals surface area contributed by atoms with Crippen LogP contribution in [0.15, 0.2) is 0 Å². The summed E-state index contributed by atoms with van der Waals surface area (Å²) in [5.74, 6) is 3.66. The molecule has 0 bridgehead atoms. The highest BCUT2D eigenvalue weighted by Crippen LogP contribution is 2.27. The standard InChI is InChI=1S/C15H28N6/c1-6-20(7-2)14-17-13(16-5)18-15(19-14)21-9-8-12(10-21)11(3)4/h11-12H,6-10H2,1-5H3,(H,16,17,18,19). The van der Waals surface area contributed by atoms with Crippen molar-refractivity contribution in [1.29, 1.82) is 0 Å². The zero-order chi connectivity index (χ0) is 15.4. The SMILES string of the molecule is CCN(CC)c1nc(NC)nc(N2CCC(C(C)C)C2)n1. The number of nitrogens with one attached hydrogen (secondary N) is 1. The molecule has 1 N–H and O–H groups in total. The molecule has 0 spiro atoms. The van der Waals surface area contributed by atoms with E-state index in [0.717, 1.165) is 44.0 Å². The lowest BCUT2D eigenvalue weighted by Gasteiger charge is -2.22. The fraction of sp³-hybridized carbons (Fsp3) is 0.800. The Morgan fingerprint density at radius 2 is 1.95 bits per heavy atom. The summed E-state index contributed by atoms with van der Waals surface area (Å²) >= 11 is 0. The summed E-state index contributed by atoms with van der Waals surface area (Å²) in [5.41, 5.74) is 0. The maximum Gasteiger partial charge on any atom is 0.231 e. The summed E-state index contributed by atoms with van der Waals surface area (Å²) in [6, 6.07) is 0. The second-order valence-electron chi connectivity index (χ2n) is 5.92. The molecule has 21 heavy (non-hydrogen) atoms. The van der Waals surface area contributed by atoms with Gasteiger partial charge in [0.05, 0.1) is 0 Å². The first-order chi connectivity index (χ1) is 10.1. The largest absolute Gasteiger partial charge is 0.357 e. The van der Waals surface area contributed by atoms with Crippen molar-refractivity contribution in [3.8, 4) is 0 Å². The molecule has 0 saturated carbocycles. The van der Waals surface area contributed by atoms with Crippen LogP contribution in [0.3, 0.4) is 0 Å². The van der Waals surface area contributed by atoms with Crippen molar-refractivity contribution in [2.45, 2.75) is 34.1 Å². The third kappa shape index (κ3) is 3.54. The number of anilines is 3. The highest BCUT2D eigenvalue weighted by Gasteiger charge is 2.27. The zero-order valence-electron chi connectivity index (χ0n) is 13.9. The highest BCUT2D eigenvalue weighted by molar-refractivity contribution is 5.45. The quantitative estimate of drug-likeness (QED) is 0.868. The topological polar surface area (TPSA) is 57.2 Å². The predicted molar refractivity (Wildman–Crippen MR) is 88.1 cm³/mol. The fourth-order valence-corrected chi connectivity index (χ4v) is 2.77. The first-order valence-electron chi connectivity index (χ1n) is 8.02. The smallest absolute Gasteiger partial charge is 0.231 e. The van der Waals surface area contributed by atoms with Gasteiger partial charge in [0.1, 0.15) is 0 Å². The Morgan fingerprint density at radius 1 is 1.24 bits per heavy atom. The van der Waals surface area contributed by atoms with Crippen molar-refractivity contribution in [3.05, 3.63) is 0 Å². The van der Waals surface area contributed by atoms with Crippen LogP contribution < -0.4 is 15.1 Å². The summed E-state index contributed by atoms with van der Waals surface area (Å²) in [5, 5.41) is 3.05. The van der Waals surface area contributed by atoms with E-state index in [0.29, 0.717) is 11.9 Å². The summed E-state index contributed by atoms with van der Waals surface area (Å²) in [7, 11) is 1.85. The Balaban J connectivity index is 2.25. The molecule has 1 aromatic heterocycles. The van der Waals surface area contributed by atoms with E-state index in [4.69, 9.17) is 0 Å². The number of aromatic nitrogens is 3. The van der Waals surface area contributed by atoms with E-state index >= 15 is 0 Å². The van der Waals surface area contributed by atoms with Crippen molar-refractivity contribution >= 4 is 17.8 Å². The molecular formula is C15H28N6. The first-order valence-corrected chi connectivity index (χ1v) is 8.02. The molecule has 0 radical (unpaired) electrons. The highest BCUT2D eigenvalue weighted by atomic mass is 15.4. The minimum absolute atomic E-state index is 0.648. The molecule has 118 valence electrons. The molecule has 1 fully saturated rings. The Morgan fingerprint density at radius 3 is 2.48 bits per heavy atom. The van der Waals surface area contributed by atoms with Crippen LogP contribution in [-0.2, 0) is 0 Å². The van der Waals surface area contributed by atoms with Gasteiger partial charge in [-0.05, 0) is 32.1 Å². The van der Waals surface area contributed by atoms with Gasteiger partial charge < -0.3 is 15.1 Å². The maximum absolute atomic E-state index is 4.69. The van der Waals surface area contributed by atoms with Crippen molar-refractivity contribution < 1.29 is 0 Å². The van der Waals surface area contributed by atoms with Crippen LogP contribution in [0.25, 0.3) is 0 Å². The van der Waals surface area contributed by atoms with Gasteiger partial charge in [-0.25, -0.2) is 0 Å². The van der Waals surface area contributed by atoms with Gasteiger partial charge in [-0.3, -0.25) is 0 Å². The average Bonchev–Trinajstić information content (AvgIpc) is 2.98. The van der Waals surface area contributed by atoms with Gasteiger partial charge in [0.15, 0.2) is 0 Å². The van der Waals surface area contributed by atoms with E-state index in [2.05, 4.69) is 57.8 Å². The Hall–Kier alpha value is -1.59. The third-order valence-electron chi connectivity index (χ3n) is 4.33. The van der Waals surface area contributed by atoms with Gasteiger partial charge in [-0.15, -0.1) is 0 Å². The Bertz CT molecular complexity index is 457. The van der Waals surface area contributed by atoms with Gasteiger partial charge in [0, 0.05) is 33.2 Å². The van der Waals surface area contributed by atoms with Crippen LogP contribution in [0.4, 0.5) is 17.8 Å². The normalized spacial score (nSPS) is 18.4. The lowest BCUT2D eigenvalue weighted by molar-refractivity contribution is 0.422. The maximum atomic E-state index is 4.69. The van der Waals surface area contributed by atoms with Gasteiger partial charge in [0.2, 0.25) is 17.8 Å². The van der Waals surface area contributed by atoms with E-state index < -0.39 is 0 Å². The molecule has 1 aromatic rings. The molecule has 6 nitrogen and oxygen atoms in total. The van der Waals surface area contributed by atoms with Crippen LogP contribution in [0.5, 0.6) is 0 Å². The van der Waals surface area contributed by atoms with Crippen LogP contribution in [-0.4, -0.2) is 48.2 Å². The van der Waals surface area contributed by atoms with E-state index in [1.165, 1.54) is 6.42 Å². The molecule has 1 aliphatic heterocycles. The van der Waals surface area contributed by atoms with Gasteiger partial charge >= 0.3 is 0 Å². The number of hydrogen-bond acceptors (Lipinski definition) is 6. The van der Waals surface area contributed by atoms with Crippen molar-refractivity contribution in [2.75, 3.05) is 48.3 Å². The third-order valence-corrected chi connectivity index (χ3v) is 4.33. The number of rotatable bonds is 6. The van der Waals surface area contributed by atoms with E-state index in [1.54, 1.807) is 0 Å². The number of nitrogens with zero attached hydrogens (tertiary/aromatic N) is 5. The molecule has 2 heterocycles. The zero-order valence-corrected chi connectivity index (χ0v) is 13.9. The molecule has 2 rings (SSSR count). The lowest BCUT2D eigenvalue weighted by atomic mass is 9.95. The molecule has 0 aromatic carbocycles. The monoisotopic (exact) mass is 292 g/mol. The van der Waals surface area contributed by atoms with Crippen LogP contribution in [0.1, 0.15) is 34.1 Å².